The van der Waals surface area contributed by atoms with Gasteiger partial charge in [-0.1, -0.05) is 30.3 Å². The van der Waals surface area contributed by atoms with E-state index in [-0.39, 0.29) is 17.3 Å². The Balaban J connectivity index is 1.61. The van der Waals surface area contributed by atoms with Crippen LogP contribution in [0.5, 0.6) is 0 Å². The number of aromatic nitrogens is 1. The highest BCUT2D eigenvalue weighted by Crippen LogP contribution is 2.18. The summed E-state index contributed by atoms with van der Waals surface area (Å²) in [6, 6.07) is 11.7. The summed E-state index contributed by atoms with van der Waals surface area (Å²) in [5.74, 6) is -0.699. The van der Waals surface area contributed by atoms with Crippen molar-refractivity contribution in [2.45, 2.75) is 13.5 Å². The molecule has 1 N–H and O–H groups in total. The Morgan fingerprint density at radius 2 is 1.88 bits per heavy atom. The van der Waals surface area contributed by atoms with Crippen molar-refractivity contribution in [3.05, 3.63) is 59.5 Å². The van der Waals surface area contributed by atoms with Crippen molar-refractivity contribution < 1.29 is 9.18 Å². The number of halogens is 1. The minimum atomic E-state index is -0.568. The van der Waals surface area contributed by atoms with Gasteiger partial charge in [-0.25, -0.2) is 9.37 Å². The lowest BCUT2D eigenvalue weighted by Crippen LogP contribution is -2.48. The molecule has 1 aliphatic heterocycles. The second-order valence-electron chi connectivity index (χ2n) is 6.11. The number of anilines is 1. The van der Waals surface area contributed by atoms with Crippen molar-refractivity contribution in [1.82, 2.24) is 14.8 Å². The van der Waals surface area contributed by atoms with Gasteiger partial charge in [0.15, 0.2) is 11.6 Å². The summed E-state index contributed by atoms with van der Waals surface area (Å²) in [6.07, 6.45) is 1.47. The topological polar surface area (TPSA) is 48.5 Å². The predicted molar refractivity (Wildman–Crippen MR) is 96.0 cm³/mol. The third-order valence-electron chi connectivity index (χ3n) is 4.37. The largest absolute Gasteiger partial charge is 0.368 e. The maximum Gasteiger partial charge on any atom is 0.257 e. The Kier molecular flexibility index (Phi) is 5.60. The van der Waals surface area contributed by atoms with Crippen LogP contribution in [0.1, 0.15) is 22.8 Å². The molecule has 0 bridgehead atoms. The summed E-state index contributed by atoms with van der Waals surface area (Å²) in [5.41, 5.74) is 1.35. The van der Waals surface area contributed by atoms with Gasteiger partial charge >= 0.3 is 0 Å². The molecule has 2 heterocycles. The normalized spacial score (nSPS) is 15.2. The highest BCUT2D eigenvalue weighted by atomic mass is 19.1. The number of pyridine rings is 1. The monoisotopic (exact) mass is 342 g/mol. The number of nitrogens with one attached hydrogen (secondary N) is 1. The third kappa shape index (κ3) is 4.14. The molecule has 5 nitrogen and oxygen atoms in total. The molecule has 1 saturated heterocycles. The number of carbonyl (C=O) groups excluding carboxylic acids is 1. The number of nitrogens with zero attached hydrogens (tertiary/aromatic N) is 3. The molecule has 132 valence electrons. The van der Waals surface area contributed by atoms with E-state index in [4.69, 9.17) is 0 Å². The van der Waals surface area contributed by atoms with Crippen LogP contribution in [-0.4, -0.2) is 53.4 Å². The van der Waals surface area contributed by atoms with Gasteiger partial charge in [-0.3, -0.25) is 9.69 Å². The number of carbonyl (C=O) groups is 1. The first-order chi connectivity index (χ1) is 12.2. The molecule has 0 radical (unpaired) electrons. The molecular weight excluding hydrogens is 319 g/mol. The average Bonchev–Trinajstić information content (AvgIpc) is 2.65. The van der Waals surface area contributed by atoms with Crippen molar-refractivity contribution in [3.63, 3.8) is 0 Å². The molecule has 1 aromatic heterocycles. The van der Waals surface area contributed by atoms with Crippen molar-refractivity contribution in [1.29, 1.82) is 0 Å². The van der Waals surface area contributed by atoms with E-state index in [0.717, 1.165) is 19.6 Å². The molecule has 0 unspecified atom stereocenters. The highest BCUT2D eigenvalue weighted by molar-refractivity contribution is 5.95. The lowest BCUT2D eigenvalue weighted by molar-refractivity contribution is 0.0624. The third-order valence-corrected chi connectivity index (χ3v) is 4.37. The van der Waals surface area contributed by atoms with E-state index in [9.17, 15) is 9.18 Å². The van der Waals surface area contributed by atoms with E-state index >= 15 is 0 Å². The van der Waals surface area contributed by atoms with E-state index in [2.05, 4.69) is 27.3 Å². The Hall–Kier alpha value is -2.47. The Bertz CT molecular complexity index is 715. The standard InChI is InChI=1S/C19H23FN4O/c1-2-21-18-17(20)16(8-9-22-18)19(25)24-12-10-23(11-13-24)14-15-6-4-3-5-7-15/h3-9H,2,10-14H2,1H3,(H,21,22). The van der Waals surface area contributed by atoms with E-state index in [1.165, 1.54) is 17.8 Å². The number of amides is 1. The summed E-state index contributed by atoms with van der Waals surface area (Å²) in [5, 5.41) is 2.84. The van der Waals surface area contributed by atoms with Crippen molar-refractivity contribution in [2.75, 3.05) is 38.0 Å². The lowest BCUT2D eigenvalue weighted by Gasteiger charge is -2.34. The Labute approximate surface area is 147 Å². The second-order valence-corrected chi connectivity index (χ2v) is 6.11. The Morgan fingerprint density at radius 3 is 2.56 bits per heavy atom. The van der Waals surface area contributed by atoms with Gasteiger partial charge in [-0.05, 0) is 18.6 Å². The van der Waals surface area contributed by atoms with Gasteiger partial charge in [-0.15, -0.1) is 0 Å². The molecule has 0 spiro atoms. The SMILES string of the molecule is CCNc1nccc(C(=O)N2CCN(Cc3ccccc3)CC2)c1F. The van der Waals surface area contributed by atoms with Gasteiger partial charge in [-0.2, -0.15) is 0 Å². The predicted octanol–water partition coefficient (Wildman–Crippen LogP) is 2.61. The molecule has 3 rings (SSSR count). The van der Waals surface area contributed by atoms with E-state index in [1.807, 2.05) is 25.1 Å². The molecule has 1 aromatic carbocycles. The minimum Gasteiger partial charge on any atom is -0.368 e. The zero-order valence-corrected chi connectivity index (χ0v) is 14.4. The minimum absolute atomic E-state index is 0.0856. The zero-order valence-electron chi connectivity index (χ0n) is 14.4. The smallest absolute Gasteiger partial charge is 0.257 e. The van der Waals surface area contributed by atoms with Gasteiger partial charge in [0.25, 0.3) is 5.91 Å². The summed E-state index contributed by atoms with van der Waals surface area (Å²) in [4.78, 5) is 20.6. The fraction of sp³-hybridized carbons (Fsp3) is 0.368. The summed E-state index contributed by atoms with van der Waals surface area (Å²) >= 11 is 0. The summed E-state index contributed by atoms with van der Waals surface area (Å²) in [6.45, 7) is 6.06. The molecule has 0 aliphatic carbocycles. The second kappa shape index (κ2) is 8.07. The molecule has 6 heteroatoms. The zero-order chi connectivity index (χ0) is 17.6. The average molecular weight is 342 g/mol. The fourth-order valence-electron chi connectivity index (χ4n) is 3.02. The van der Waals surface area contributed by atoms with Crippen LogP contribution in [0.2, 0.25) is 0 Å². The quantitative estimate of drug-likeness (QED) is 0.907. The number of piperazine rings is 1. The van der Waals surface area contributed by atoms with Crippen LogP contribution in [0.15, 0.2) is 42.6 Å². The van der Waals surface area contributed by atoms with E-state index in [1.54, 1.807) is 4.90 Å². The van der Waals surface area contributed by atoms with Crippen LogP contribution in [-0.2, 0) is 6.54 Å². The van der Waals surface area contributed by atoms with Gasteiger partial charge < -0.3 is 10.2 Å². The maximum absolute atomic E-state index is 14.4. The van der Waals surface area contributed by atoms with Crippen LogP contribution in [0.3, 0.4) is 0 Å². The molecule has 0 saturated carbocycles. The van der Waals surface area contributed by atoms with E-state index < -0.39 is 5.82 Å². The van der Waals surface area contributed by atoms with Crippen molar-refractivity contribution in [2.24, 2.45) is 0 Å². The van der Waals surface area contributed by atoms with Crippen LogP contribution >= 0.6 is 0 Å². The van der Waals surface area contributed by atoms with Crippen molar-refractivity contribution >= 4 is 11.7 Å². The van der Waals surface area contributed by atoms with Gasteiger partial charge in [0.05, 0.1) is 5.56 Å². The van der Waals surface area contributed by atoms with Crippen LogP contribution in [0.4, 0.5) is 10.2 Å². The molecule has 25 heavy (non-hydrogen) atoms. The van der Waals surface area contributed by atoms with Gasteiger partial charge in [0.2, 0.25) is 0 Å². The molecule has 1 amide bonds. The van der Waals surface area contributed by atoms with Crippen molar-refractivity contribution in [3.8, 4) is 0 Å². The number of benzene rings is 1. The number of hydrogen-bond acceptors (Lipinski definition) is 4. The molecule has 2 aromatic rings. The van der Waals surface area contributed by atoms with Gasteiger partial charge in [0, 0.05) is 45.5 Å². The van der Waals surface area contributed by atoms with Crippen LogP contribution in [0.25, 0.3) is 0 Å². The Morgan fingerprint density at radius 1 is 1.16 bits per heavy atom. The first-order valence-electron chi connectivity index (χ1n) is 8.63. The summed E-state index contributed by atoms with van der Waals surface area (Å²) in [7, 11) is 0. The number of rotatable bonds is 5. The molecule has 1 fully saturated rings. The first-order valence-corrected chi connectivity index (χ1v) is 8.63. The van der Waals surface area contributed by atoms with E-state index in [0.29, 0.717) is 19.6 Å². The molecular formula is C19H23FN4O. The summed E-state index contributed by atoms with van der Waals surface area (Å²) < 4.78 is 14.4. The first kappa shape index (κ1) is 17.4. The maximum atomic E-state index is 14.4. The molecule has 1 aliphatic rings. The van der Waals surface area contributed by atoms with Crippen LogP contribution in [0, 0.1) is 5.82 Å². The number of hydrogen-bond donors (Lipinski definition) is 1. The lowest BCUT2D eigenvalue weighted by atomic mass is 10.1. The molecule has 0 atom stereocenters. The fourth-order valence-corrected chi connectivity index (χ4v) is 3.02. The van der Waals surface area contributed by atoms with Gasteiger partial charge in [0.1, 0.15) is 0 Å². The highest BCUT2D eigenvalue weighted by Gasteiger charge is 2.25. The van der Waals surface area contributed by atoms with Crippen LogP contribution < -0.4 is 5.32 Å².